The predicted octanol–water partition coefficient (Wildman–Crippen LogP) is 5.43. The fourth-order valence-corrected chi connectivity index (χ4v) is 4.06. The molecule has 0 fully saturated rings. The number of hydrogen-bond donors (Lipinski definition) is 0. The summed E-state index contributed by atoms with van der Waals surface area (Å²) in [5.74, 6) is 2.86. The number of benzene rings is 1. The van der Waals surface area contributed by atoms with Crippen LogP contribution in [0.3, 0.4) is 0 Å². The van der Waals surface area contributed by atoms with Gasteiger partial charge in [0.1, 0.15) is 19.0 Å². The van der Waals surface area contributed by atoms with Gasteiger partial charge in [-0.15, -0.1) is 0 Å². The molecule has 0 radical (unpaired) electrons. The van der Waals surface area contributed by atoms with Crippen LogP contribution in [0.25, 0.3) is 0 Å². The molecule has 3 rings (SSSR count). The van der Waals surface area contributed by atoms with E-state index in [1.165, 1.54) is 36.9 Å². The Morgan fingerprint density at radius 3 is 2.52 bits per heavy atom. The molecule has 0 bridgehead atoms. The molecule has 1 unspecified atom stereocenters. The smallest absolute Gasteiger partial charge is 0.161 e. The maximum absolute atomic E-state index is 5.82. The zero-order valence-electron chi connectivity index (χ0n) is 18.8. The minimum atomic E-state index is 0.298. The molecule has 0 saturated heterocycles. The lowest BCUT2D eigenvalue weighted by atomic mass is 10.0. The first-order valence-corrected chi connectivity index (χ1v) is 11.2. The third-order valence-corrected chi connectivity index (χ3v) is 5.95. The van der Waals surface area contributed by atoms with Gasteiger partial charge in [-0.2, -0.15) is 0 Å². The fraction of sp³-hybridized carbons (Fsp3) is 0.625. The molecular formula is C24H37N3O2. The van der Waals surface area contributed by atoms with E-state index in [-0.39, 0.29) is 0 Å². The number of aryl methyl sites for hydroxylation is 2. The summed E-state index contributed by atoms with van der Waals surface area (Å²) in [6, 6.07) is 6.69. The van der Waals surface area contributed by atoms with Crippen LogP contribution in [0.1, 0.15) is 75.3 Å². The van der Waals surface area contributed by atoms with E-state index in [1.54, 1.807) is 0 Å². The van der Waals surface area contributed by atoms with Crippen LogP contribution in [0.15, 0.2) is 18.2 Å². The van der Waals surface area contributed by atoms with Gasteiger partial charge in [-0.05, 0) is 57.9 Å². The Bertz CT molecular complexity index is 800. The van der Waals surface area contributed by atoms with Crippen LogP contribution in [0.2, 0.25) is 0 Å². The molecule has 2 aromatic rings. The molecule has 0 amide bonds. The largest absolute Gasteiger partial charge is 0.486 e. The molecule has 1 aliphatic heterocycles. The van der Waals surface area contributed by atoms with Crippen molar-refractivity contribution in [1.82, 2.24) is 14.5 Å². The molecule has 0 spiro atoms. The number of rotatable bonds is 10. The molecule has 5 nitrogen and oxygen atoms in total. The zero-order chi connectivity index (χ0) is 20.8. The quantitative estimate of drug-likeness (QED) is 0.534. The highest BCUT2D eigenvalue weighted by Crippen LogP contribution is 2.34. The minimum Gasteiger partial charge on any atom is -0.486 e. The van der Waals surface area contributed by atoms with E-state index in [2.05, 4.69) is 62.3 Å². The van der Waals surface area contributed by atoms with E-state index in [1.807, 2.05) is 0 Å². The van der Waals surface area contributed by atoms with Crippen molar-refractivity contribution in [3.63, 3.8) is 0 Å². The maximum atomic E-state index is 5.82. The molecule has 1 atom stereocenters. The first-order valence-electron chi connectivity index (χ1n) is 11.2. The van der Waals surface area contributed by atoms with Crippen molar-refractivity contribution in [1.29, 1.82) is 0 Å². The highest BCUT2D eigenvalue weighted by molar-refractivity contribution is 5.44. The monoisotopic (exact) mass is 399 g/mol. The van der Waals surface area contributed by atoms with Gasteiger partial charge < -0.3 is 14.0 Å². The van der Waals surface area contributed by atoms with E-state index >= 15 is 0 Å². The first kappa shape index (κ1) is 21.7. The average Bonchev–Trinajstić information content (AvgIpc) is 3.00. The summed E-state index contributed by atoms with van der Waals surface area (Å²) >= 11 is 0. The zero-order valence-corrected chi connectivity index (χ0v) is 18.8. The summed E-state index contributed by atoms with van der Waals surface area (Å²) < 4.78 is 13.9. The van der Waals surface area contributed by atoms with Crippen molar-refractivity contribution >= 4 is 0 Å². The van der Waals surface area contributed by atoms with Gasteiger partial charge in [0, 0.05) is 19.1 Å². The minimum absolute atomic E-state index is 0.298. The number of aromatic nitrogens is 2. The second-order valence-electron chi connectivity index (χ2n) is 8.10. The van der Waals surface area contributed by atoms with Gasteiger partial charge in [-0.1, -0.05) is 32.8 Å². The number of unbranched alkanes of at least 4 members (excludes halogenated alkanes) is 2. The predicted molar refractivity (Wildman–Crippen MR) is 118 cm³/mol. The van der Waals surface area contributed by atoms with Crippen molar-refractivity contribution in [2.45, 2.75) is 79.4 Å². The molecule has 0 N–H and O–H groups in total. The van der Waals surface area contributed by atoms with Crippen LogP contribution in [-0.2, 0) is 13.1 Å². The van der Waals surface area contributed by atoms with E-state index in [0.717, 1.165) is 42.7 Å². The van der Waals surface area contributed by atoms with Crippen molar-refractivity contribution in [3.8, 4) is 11.5 Å². The fourth-order valence-electron chi connectivity index (χ4n) is 4.06. The van der Waals surface area contributed by atoms with Gasteiger partial charge in [0.05, 0.1) is 11.4 Å². The third kappa shape index (κ3) is 5.13. The summed E-state index contributed by atoms with van der Waals surface area (Å²) in [6.45, 7) is 15.4. The summed E-state index contributed by atoms with van der Waals surface area (Å²) in [5, 5.41) is 0. The normalized spacial score (nSPS) is 14.4. The second kappa shape index (κ2) is 10.1. The Morgan fingerprint density at radius 1 is 1.07 bits per heavy atom. The molecule has 5 heteroatoms. The third-order valence-electron chi connectivity index (χ3n) is 5.95. The van der Waals surface area contributed by atoms with Crippen molar-refractivity contribution in [2.24, 2.45) is 0 Å². The molecule has 0 aliphatic carbocycles. The van der Waals surface area contributed by atoms with Gasteiger partial charge in [-0.3, -0.25) is 4.90 Å². The number of imidazole rings is 1. The van der Waals surface area contributed by atoms with Gasteiger partial charge >= 0.3 is 0 Å². The Kier molecular flexibility index (Phi) is 7.59. The van der Waals surface area contributed by atoms with Gasteiger partial charge in [0.2, 0.25) is 0 Å². The molecule has 1 aromatic carbocycles. The Hall–Kier alpha value is -2.01. The second-order valence-corrected chi connectivity index (χ2v) is 8.10. The Balaban J connectivity index is 1.85. The standard InChI is InChI=1S/C24H37N3O2/c1-6-8-12-26(17-22-18(3)25-20(5)27(22)13-9-7-2)19(4)21-10-11-23-24(16-21)29-15-14-28-23/h10-11,16,19H,6-9,12-15,17H2,1-5H3. The highest BCUT2D eigenvalue weighted by Gasteiger charge is 2.22. The van der Waals surface area contributed by atoms with Crippen molar-refractivity contribution in [2.75, 3.05) is 19.8 Å². The molecule has 0 saturated carbocycles. The summed E-state index contributed by atoms with van der Waals surface area (Å²) in [6.07, 6.45) is 4.77. The lowest BCUT2D eigenvalue weighted by molar-refractivity contribution is 0.168. The number of hydrogen-bond acceptors (Lipinski definition) is 4. The topological polar surface area (TPSA) is 39.5 Å². The lowest BCUT2D eigenvalue weighted by Gasteiger charge is -2.31. The first-order chi connectivity index (χ1) is 14.0. The molecule has 2 heterocycles. The van der Waals surface area contributed by atoms with Crippen LogP contribution in [0.5, 0.6) is 11.5 Å². The SMILES string of the molecule is CCCCN(Cc1c(C)nc(C)n1CCCC)C(C)c1ccc2c(c1)OCCO2. The van der Waals surface area contributed by atoms with Crippen LogP contribution < -0.4 is 9.47 Å². The number of ether oxygens (including phenoxy) is 2. The number of fused-ring (bicyclic) bond motifs is 1. The molecule has 160 valence electrons. The average molecular weight is 400 g/mol. The Morgan fingerprint density at radius 2 is 1.79 bits per heavy atom. The molecule has 1 aromatic heterocycles. The van der Waals surface area contributed by atoms with E-state index in [4.69, 9.17) is 14.5 Å². The lowest BCUT2D eigenvalue weighted by Crippen LogP contribution is -2.29. The summed E-state index contributed by atoms with van der Waals surface area (Å²) in [5.41, 5.74) is 3.80. The van der Waals surface area contributed by atoms with Crippen molar-refractivity contribution in [3.05, 3.63) is 41.0 Å². The van der Waals surface area contributed by atoms with E-state index in [9.17, 15) is 0 Å². The Labute approximate surface area is 176 Å². The van der Waals surface area contributed by atoms with E-state index < -0.39 is 0 Å². The van der Waals surface area contributed by atoms with Crippen molar-refractivity contribution < 1.29 is 9.47 Å². The highest BCUT2D eigenvalue weighted by atomic mass is 16.6. The summed E-state index contributed by atoms with van der Waals surface area (Å²) in [7, 11) is 0. The van der Waals surface area contributed by atoms with Crippen LogP contribution in [0, 0.1) is 13.8 Å². The van der Waals surface area contributed by atoms with Gasteiger partial charge in [0.25, 0.3) is 0 Å². The number of nitrogens with zero attached hydrogens (tertiary/aromatic N) is 3. The van der Waals surface area contributed by atoms with E-state index in [0.29, 0.717) is 19.3 Å². The van der Waals surface area contributed by atoms with Gasteiger partial charge in [0.15, 0.2) is 11.5 Å². The molecule has 29 heavy (non-hydrogen) atoms. The molecule has 1 aliphatic rings. The van der Waals surface area contributed by atoms with Crippen LogP contribution >= 0.6 is 0 Å². The van der Waals surface area contributed by atoms with Gasteiger partial charge in [-0.25, -0.2) is 4.98 Å². The maximum Gasteiger partial charge on any atom is 0.161 e. The van der Waals surface area contributed by atoms with Crippen LogP contribution in [0.4, 0.5) is 0 Å². The van der Waals surface area contributed by atoms with Crippen LogP contribution in [-0.4, -0.2) is 34.2 Å². The molecular weight excluding hydrogens is 362 g/mol. The summed E-state index contributed by atoms with van der Waals surface area (Å²) in [4.78, 5) is 7.37.